The number of carbonyl (C=O) groups excluding carboxylic acids is 3. The molecule has 0 unspecified atom stereocenters. The molecule has 10 heteroatoms. The summed E-state index contributed by atoms with van der Waals surface area (Å²) in [7, 11) is 0. The third-order valence-electron chi connectivity index (χ3n) is 5.37. The molecule has 0 spiro atoms. The fourth-order valence-corrected chi connectivity index (χ4v) is 4.59. The van der Waals surface area contributed by atoms with Crippen LogP contribution in [0.5, 0.6) is 0 Å². The van der Waals surface area contributed by atoms with E-state index in [1.807, 2.05) is 50.4 Å². The summed E-state index contributed by atoms with van der Waals surface area (Å²) in [5, 5.41) is 3.00. The van der Waals surface area contributed by atoms with Gasteiger partial charge in [0, 0.05) is 30.0 Å². The molecule has 0 radical (unpaired) electrons. The van der Waals surface area contributed by atoms with Crippen molar-refractivity contribution in [3.63, 3.8) is 0 Å². The SMILES string of the molecule is CC(C)(C)OC(=O)NNC(=O)Cc1ccc(C#Cc2csc(C3CCN(C(=O)OC(C)(C)C)CC3)n2)cc1. The van der Waals surface area contributed by atoms with Gasteiger partial charge in [-0.05, 0) is 78.0 Å². The van der Waals surface area contributed by atoms with Crippen LogP contribution in [0.1, 0.15) is 82.1 Å². The molecule has 3 amide bonds. The molecular weight excluding hydrogens is 504 g/mol. The van der Waals surface area contributed by atoms with Crippen LogP contribution in [0.25, 0.3) is 0 Å². The van der Waals surface area contributed by atoms with Gasteiger partial charge < -0.3 is 14.4 Å². The Hall–Kier alpha value is -3.58. The molecule has 1 aliphatic heterocycles. The maximum absolute atomic E-state index is 12.3. The summed E-state index contributed by atoms with van der Waals surface area (Å²) in [5.41, 5.74) is 5.75. The van der Waals surface area contributed by atoms with E-state index in [9.17, 15) is 14.4 Å². The van der Waals surface area contributed by atoms with Crippen LogP contribution in [0.15, 0.2) is 29.6 Å². The van der Waals surface area contributed by atoms with E-state index < -0.39 is 17.3 Å². The van der Waals surface area contributed by atoms with E-state index in [-0.39, 0.29) is 18.4 Å². The van der Waals surface area contributed by atoms with Gasteiger partial charge in [0.25, 0.3) is 0 Å². The summed E-state index contributed by atoms with van der Waals surface area (Å²) in [5.74, 6) is 6.17. The molecule has 2 aromatic rings. The van der Waals surface area contributed by atoms with E-state index in [0.29, 0.717) is 19.0 Å². The van der Waals surface area contributed by atoms with E-state index in [0.717, 1.165) is 34.7 Å². The fourth-order valence-electron chi connectivity index (χ4n) is 3.66. The number of aromatic nitrogens is 1. The number of thiazole rings is 1. The maximum Gasteiger partial charge on any atom is 0.426 e. The minimum Gasteiger partial charge on any atom is -0.444 e. The van der Waals surface area contributed by atoms with Gasteiger partial charge >= 0.3 is 12.2 Å². The lowest BCUT2D eigenvalue weighted by Gasteiger charge is -2.32. The first-order valence-electron chi connectivity index (χ1n) is 12.6. The predicted octanol–water partition coefficient (Wildman–Crippen LogP) is 4.76. The van der Waals surface area contributed by atoms with Crippen molar-refractivity contribution in [3.05, 3.63) is 51.5 Å². The Morgan fingerprint density at radius 1 is 0.974 bits per heavy atom. The van der Waals surface area contributed by atoms with Crippen molar-refractivity contribution in [2.45, 2.75) is 77.9 Å². The number of hydrogen-bond donors (Lipinski definition) is 2. The maximum atomic E-state index is 12.3. The molecule has 2 heterocycles. The second-order valence-electron chi connectivity index (χ2n) is 11.1. The molecule has 2 N–H and O–H groups in total. The Balaban J connectivity index is 1.47. The van der Waals surface area contributed by atoms with Gasteiger partial charge in [0.15, 0.2) is 0 Å². The lowest BCUT2D eigenvalue weighted by molar-refractivity contribution is -0.121. The van der Waals surface area contributed by atoms with Crippen molar-refractivity contribution in [2.75, 3.05) is 13.1 Å². The number of carbonyl (C=O) groups is 3. The van der Waals surface area contributed by atoms with Crippen LogP contribution in [0.2, 0.25) is 0 Å². The van der Waals surface area contributed by atoms with E-state index in [1.165, 1.54) is 0 Å². The van der Waals surface area contributed by atoms with Gasteiger partial charge in [-0.2, -0.15) is 0 Å². The van der Waals surface area contributed by atoms with Gasteiger partial charge in [0.1, 0.15) is 16.9 Å². The first-order valence-corrected chi connectivity index (χ1v) is 13.5. The predicted molar refractivity (Wildman–Crippen MR) is 146 cm³/mol. The quantitative estimate of drug-likeness (QED) is 0.429. The molecule has 1 aromatic carbocycles. The van der Waals surface area contributed by atoms with Crippen LogP contribution in [-0.4, -0.2) is 52.3 Å². The molecule has 204 valence electrons. The molecule has 1 aromatic heterocycles. The van der Waals surface area contributed by atoms with Gasteiger partial charge in [0.2, 0.25) is 5.91 Å². The number of benzene rings is 1. The Morgan fingerprint density at radius 3 is 2.21 bits per heavy atom. The molecule has 9 nitrogen and oxygen atoms in total. The van der Waals surface area contributed by atoms with Crippen molar-refractivity contribution in [1.29, 1.82) is 0 Å². The lowest BCUT2D eigenvalue weighted by Crippen LogP contribution is -2.44. The van der Waals surface area contributed by atoms with E-state index in [2.05, 4.69) is 22.7 Å². The number of nitrogens with one attached hydrogen (secondary N) is 2. The van der Waals surface area contributed by atoms with Crippen molar-refractivity contribution in [1.82, 2.24) is 20.7 Å². The molecule has 0 aliphatic carbocycles. The minimum absolute atomic E-state index is 0.103. The van der Waals surface area contributed by atoms with E-state index >= 15 is 0 Å². The summed E-state index contributed by atoms with van der Waals surface area (Å²) in [6.07, 6.45) is 0.828. The number of piperidine rings is 1. The standard InChI is InChI=1S/C28H36N4O5S/c1-27(2,3)36-25(34)31-30-23(33)17-20-9-7-19(8-10-20)11-12-22-18-38-24(29-22)21-13-15-32(16-14-21)26(35)37-28(4,5)6/h7-10,18,21H,13-17H2,1-6H3,(H,30,33)(H,31,34). The zero-order chi connectivity index (χ0) is 27.9. The molecule has 1 fully saturated rings. The normalized spacial score (nSPS) is 14.2. The zero-order valence-electron chi connectivity index (χ0n) is 22.8. The zero-order valence-corrected chi connectivity index (χ0v) is 23.7. The van der Waals surface area contributed by atoms with Crippen molar-refractivity contribution >= 4 is 29.4 Å². The number of likely N-dealkylation sites (tertiary alicyclic amines) is 1. The largest absolute Gasteiger partial charge is 0.444 e. The number of hydrazine groups is 1. The van der Waals surface area contributed by atoms with E-state index in [4.69, 9.17) is 14.5 Å². The topological polar surface area (TPSA) is 110 Å². The second-order valence-corrected chi connectivity index (χ2v) is 12.0. The number of ether oxygens (including phenoxy) is 2. The molecule has 1 saturated heterocycles. The van der Waals surface area contributed by atoms with E-state index in [1.54, 1.807) is 37.0 Å². The van der Waals surface area contributed by atoms with Crippen LogP contribution >= 0.6 is 11.3 Å². The highest BCUT2D eigenvalue weighted by Gasteiger charge is 2.28. The Morgan fingerprint density at radius 2 is 1.61 bits per heavy atom. The summed E-state index contributed by atoms with van der Waals surface area (Å²) < 4.78 is 10.5. The smallest absolute Gasteiger partial charge is 0.426 e. The van der Waals surface area contributed by atoms with Crippen LogP contribution in [0.4, 0.5) is 9.59 Å². The highest BCUT2D eigenvalue weighted by atomic mass is 32.1. The van der Waals surface area contributed by atoms with Gasteiger partial charge in [-0.3, -0.25) is 10.2 Å². The van der Waals surface area contributed by atoms with Gasteiger partial charge in [-0.15, -0.1) is 11.3 Å². The Labute approximate surface area is 228 Å². The fraction of sp³-hybridized carbons (Fsp3) is 0.500. The van der Waals surface area contributed by atoms with Crippen molar-refractivity contribution < 1.29 is 23.9 Å². The molecule has 1 aliphatic rings. The van der Waals surface area contributed by atoms with Crippen LogP contribution < -0.4 is 10.9 Å². The highest BCUT2D eigenvalue weighted by Crippen LogP contribution is 2.30. The molecule has 3 rings (SSSR count). The average Bonchev–Trinajstić information content (AvgIpc) is 3.29. The second kappa shape index (κ2) is 12.3. The molecule has 0 atom stereocenters. The molecule has 38 heavy (non-hydrogen) atoms. The van der Waals surface area contributed by atoms with Crippen LogP contribution in [0.3, 0.4) is 0 Å². The molecule has 0 bridgehead atoms. The minimum atomic E-state index is -0.715. The number of rotatable bonds is 3. The first kappa shape index (κ1) is 29.0. The van der Waals surface area contributed by atoms with Crippen molar-refractivity contribution in [3.8, 4) is 11.8 Å². The van der Waals surface area contributed by atoms with Crippen molar-refractivity contribution in [2.24, 2.45) is 0 Å². The Bertz CT molecular complexity index is 1190. The monoisotopic (exact) mass is 540 g/mol. The highest BCUT2D eigenvalue weighted by molar-refractivity contribution is 7.09. The van der Waals surface area contributed by atoms with Crippen LogP contribution in [-0.2, 0) is 20.7 Å². The number of amides is 3. The number of hydrogen-bond acceptors (Lipinski definition) is 7. The summed E-state index contributed by atoms with van der Waals surface area (Å²) in [6, 6.07) is 7.33. The first-order chi connectivity index (χ1) is 17.8. The van der Waals surface area contributed by atoms with Gasteiger partial charge in [-0.1, -0.05) is 18.1 Å². The summed E-state index contributed by atoms with van der Waals surface area (Å²) >= 11 is 1.60. The van der Waals surface area contributed by atoms with Gasteiger partial charge in [-0.25, -0.2) is 20.0 Å². The Kier molecular flexibility index (Phi) is 9.39. The third kappa shape index (κ3) is 9.71. The molecular formula is C28H36N4O5S. The lowest BCUT2D eigenvalue weighted by atomic mass is 9.98. The summed E-state index contributed by atoms with van der Waals surface area (Å²) in [6.45, 7) is 12.2. The summed E-state index contributed by atoms with van der Waals surface area (Å²) in [4.78, 5) is 42.5. The number of nitrogens with zero attached hydrogens (tertiary/aromatic N) is 2. The third-order valence-corrected chi connectivity index (χ3v) is 6.38. The molecule has 0 saturated carbocycles. The van der Waals surface area contributed by atoms with Crippen LogP contribution in [0, 0.1) is 11.8 Å². The average molecular weight is 541 g/mol. The van der Waals surface area contributed by atoms with Gasteiger partial charge in [0.05, 0.1) is 11.4 Å².